The maximum Gasteiger partial charge on any atom is 0.0543 e. The fourth-order valence-electron chi connectivity index (χ4n) is 9.26. The highest BCUT2D eigenvalue weighted by atomic mass is 15.2. The van der Waals surface area contributed by atoms with Crippen LogP contribution >= 0.6 is 0 Å². The summed E-state index contributed by atoms with van der Waals surface area (Å²) in [5.41, 5.74) is 12.0. The normalized spacial score (nSPS) is 15.6. The SMILES string of the molecule is C1=CC2C(N(c3ccc(-c4ccc(N(c5ccccc5)c5cccc6ccccc56)cc4)cc3)c3cc4ccccc4c4ccccc34)=Cc3ccccc3C2C=C1. The summed E-state index contributed by atoms with van der Waals surface area (Å²) in [6.45, 7) is 0. The molecule has 0 amide bonds. The quantitative estimate of drug-likeness (QED) is 0.150. The predicted molar refractivity (Wildman–Crippen MR) is 247 cm³/mol. The largest absolute Gasteiger partial charge is 0.313 e. The molecule has 2 unspecified atom stereocenters. The Labute approximate surface area is 339 Å². The lowest BCUT2D eigenvalue weighted by atomic mass is 9.74. The van der Waals surface area contributed by atoms with Crippen LogP contribution in [0.5, 0.6) is 0 Å². The zero-order valence-electron chi connectivity index (χ0n) is 32.0. The number of hydrogen-bond acceptors (Lipinski definition) is 2. The van der Waals surface area contributed by atoms with Gasteiger partial charge >= 0.3 is 0 Å². The standard InChI is InChI=1S/C56H40N2/c1-2-19-44(20-3-1)57(54-28-14-18-41-15-4-9-23-49(41)54)45-33-29-39(30-34-45)40-31-35-46(36-32-40)58(55-37-42-16-5-7-21-47(42)50-24-10-12-26-52(50)55)56-38-43-17-6-8-22-48(43)51-25-11-13-27-53(51)56/h1-38,50,52H. The highest BCUT2D eigenvalue weighted by Gasteiger charge is 2.34. The zero-order chi connectivity index (χ0) is 38.4. The molecular weight excluding hydrogens is 701 g/mol. The molecule has 0 spiro atoms. The first-order chi connectivity index (χ1) is 28.8. The van der Waals surface area contributed by atoms with Crippen LogP contribution in [0.25, 0.3) is 49.5 Å². The maximum absolute atomic E-state index is 2.53. The van der Waals surface area contributed by atoms with E-state index >= 15 is 0 Å². The second-order valence-electron chi connectivity index (χ2n) is 15.3. The summed E-state index contributed by atoms with van der Waals surface area (Å²) in [5.74, 6) is 0.448. The third kappa shape index (κ3) is 5.81. The van der Waals surface area contributed by atoms with Gasteiger partial charge < -0.3 is 9.80 Å². The van der Waals surface area contributed by atoms with Crippen LogP contribution < -0.4 is 9.80 Å². The molecule has 0 heterocycles. The molecule has 0 bridgehead atoms. The number of allylic oxidation sites excluding steroid dienone is 4. The number of rotatable bonds is 7. The van der Waals surface area contributed by atoms with Crippen LogP contribution in [0, 0.1) is 5.92 Å². The minimum Gasteiger partial charge on any atom is -0.313 e. The molecule has 0 aromatic heterocycles. The number of fused-ring (bicyclic) bond motifs is 7. The van der Waals surface area contributed by atoms with Gasteiger partial charge in [0.2, 0.25) is 0 Å². The van der Waals surface area contributed by atoms with Crippen molar-refractivity contribution in [2.75, 3.05) is 9.80 Å². The molecule has 58 heavy (non-hydrogen) atoms. The van der Waals surface area contributed by atoms with Gasteiger partial charge in [-0.15, -0.1) is 0 Å². The van der Waals surface area contributed by atoms with E-state index in [2.05, 4.69) is 240 Å². The van der Waals surface area contributed by atoms with Crippen LogP contribution in [0.2, 0.25) is 0 Å². The molecule has 274 valence electrons. The summed E-state index contributed by atoms with van der Waals surface area (Å²) in [6, 6.07) is 72.9. The van der Waals surface area contributed by atoms with Crippen molar-refractivity contribution in [2.45, 2.75) is 5.92 Å². The summed E-state index contributed by atoms with van der Waals surface area (Å²) >= 11 is 0. The third-order valence-electron chi connectivity index (χ3n) is 12.0. The Bertz CT molecular complexity index is 3060. The number of nitrogens with zero attached hydrogens (tertiary/aromatic N) is 2. The van der Waals surface area contributed by atoms with Gasteiger partial charge in [-0.1, -0.05) is 176 Å². The van der Waals surface area contributed by atoms with Gasteiger partial charge in [0.1, 0.15) is 0 Å². The molecule has 0 aliphatic heterocycles. The van der Waals surface area contributed by atoms with Gasteiger partial charge in [0.15, 0.2) is 0 Å². The van der Waals surface area contributed by atoms with E-state index in [1.165, 1.54) is 66.0 Å². The fraction of sp³-hybridized carbons (Fsp3) is 0.0357. The van der Waals surface area contributed by atoms with Crippen LogP contribution in [0.1, 0.15) is 17.0 Å². The van der Waals surface area contributed by atoms with Gasteiger partial charge in [-0.3, -0.25) is 0 Å². The highest BCUT2D eigenvalue weighted by Crippen LogP contribution is 2.49. The van der Waals surface area contributed by atoms with Gasteiger partial charge in [-0.2, -0.15) is 0 Å². The first-order valence-corrected chi connectivity index (χ1v) is 20.2. The van der Waals surface area contributed by atoms with Crippen molar-refractivity contribution in [3.8, 4) is 11.1 Å². The average molecular weight is 741 g/mol. The topological polar surface area (TPSA) is 6.48 Å². The first-order valence-electron chi connectivity index (χ1n) is 20.2. The molecule has 0 saturated carbocycles. The lowest BCUT2D eigenvalue weighted by Gasteiger charge is -2.39. The van der Waals surface area contributed by atoms with Crippen LogP contribution in [-0.4, -0.2) is 0 Å². The van der Waals surface area contributed by atoms with Gasteiger partial charge in [0, 0.05) is 45.4 Å². The Morgan fingerprint density at radius 1 is 0.345 bits per heavy atom. The van der Waals surface area contributed by atoms with E-state index in [4.69, 9.17) is 0 Å². The van der Waals surface area contributed by atoms with Gasteiger partial charge in [-0.25, -0.2) is 0 Å². The van der Waals surface area contributed by atoms with Gasteiger partial charge in [0.25, 0.3) is 0 Å². The molecule has 2 aliphatic carbocycles. The Balaban J connectivity index is 1.02. The summed E-state index contributed by atoms with van der Waals surface area (Å²) in [4.78, 5) is 4.89. The van der Waals surface area contributed by atoms with Crippen molar-refractivity contribution in [2.24, 2.45) is 5.92 Å². The molecule has 0 radical (unpaired) electrons. The Morgan fingerprint density at radius 2 is 0.897 bits per heavy atom. The van der Waals surface area contributed by atoms with Crippen molar-refractivity contribution >= 4 is 66.8 Å². The van der Waals surface area contributed by atoms with Crippen molar-refractivity contribution < 1.29 is 0 Å². The van der Waals surface area contributed by atoms with Crippen molar-refractivity contribution in [3.05, 3.63) is 241 Å². The highest BCUT2D eigenvalue weighted by molar-refractivity contribution is 6.14. The van der Waals surface area contributed by atoms with E-state index in [1.54, 1.807) is 0 Å². The number of anilines is 5. The van der Waals surface area contributed by atoms with E-state index in [1.807, 2.05) is 0 Å². The molecule has 0 saturated heterocycles. The fourth-order valence-corrected chi connectivity index (χ4v) is 9.26. The van der Waals surface area contributed by atoms with Crippen molar-refractivity contribution in [1.29, 1.82) is 0 Å². The third-order valence-corrected chi connectivity index (χ3v) is 12.0. The summed E-state index contributed by atoms with van der Waals surface area (Å²) in [7, 11) is 0. The zero-order valence-corrected chi connectivity index (χ0v) is 32.0. The molecule has 2 nitrogen and oxygen atoms in total. The molecular formula is C56H40N2. The van der Waals surface area contributed by atoms with Crippen LogP contribution in [0.4, 0.5) is 28.4 Å². The van der Waals surface area contributed by atoms with E-state index in [0.29, 0.717) is 0 Å². The lowest BCUT2D eigenvalue weighted by molar-refractivity contribution is 0.643. The van der Waals surface area contributed by atoms with Crippen LogP contribution in [0.3, 0.4) is 0 Å². The molecule has 2 heteroatoms. The van der Waals surface area contributed by atoms with E-state index in [0.717, 1.165) is 22.7 Å². The van der Waals surface area contributed by atoms with Gasteiger partial charge in [0.05, 0.1) is 11.4 Å². The summed E-state index contributed by atoms with van der Waals surface area (Å²) in [6.07, 6.45) is 11.6. The Kier molecular flexibility index (Phi) is 8.33. The predicted octanol–water partition coefficient (Wildman–Crippen LogP) is 15.3. The second kappa shape index (κ2) is 14.3. The second-order valence-corrected chi connectivity index (χ2v) is 15.3. The minimum atomic E-state index is 0.187. The van der Waals surface area contributed by atoms with E-state index < -0.39 is 0 Å². The maximum atomic E-state index is 2.53. The van der Waals surface area contributed by atoms with E-state index in [9.17, 15) is 0 Å². The molecule has 2 aliphatic rings. The minimum absolute atomic E-state index is 0.187. The summed E-state index contributed by atoms with van der Waals surface area (Å²) < 4.78 is 0. The molecule has 11 rings (SSSR count). The Hall–Kier alpha value is -7.42. The first kappa shape index (κ1) is 33.9. The molecule has 9 aromatic carbocycles. The molecule has 0 fully saturated rings. The number of para-hydroxylation sites is 1. The van der Waals surface area contributed by atoms with Gasteiger partial charge in [-0.05, 0) is 98.4 Å². The molecule has 9 aromatic rings. The number of benzene rings is 9. The van der Waals surface area contributed by atoms with Crippen LogP contribution in [0.15, 0.2) is 230 Å². The lowest BCUT2D eigenvalue weighted by Crippen LogP contribution is -2.29. The van der Waals surface area contributed by atoms with Crippen molar-refractivity contribution in [1.82, 2.24) is 0 Å². The van der Waals surface area contributed by atoms with E-state index in [-0.39, 0.29) is 11.8 Å². The molecule has 2 atom stereocenters. The Morgan fingerprint density at radius 3 is 1.66 bits per heavy atom. The summed E-state index contributed by atoms with van der Waals surface area (Å²) in [5, 5.41) is 7.45. The average Bonchev–Trinajstić information content (AvgIpc) is 3.30. The molecule has 0 N–H and O–H groups in total. The monoisotopic (exact) mass is 740 g/mol. The number of hydrogen-bond donors (Lipinski definition) is 0. The van der Waals surface area contributed by atoms with Crippen molar-refractivity contribution in [3.63, 3.8) is 0 Å². The van der Waals surface area contributed by atoms with Crippen LogP contribution in [-0.2, 0) is 0 Å². The smallest absolute Gasteiger partial charge is 0.0543 e.